The standard InChI is InChI=1S/C17H14N6/c18-16-14-15(13-7-4-8-19-9-13)22-23(17(14)21-11-20-16)10-12-5-2-1-3-6-12/h1-9,11H,10H2,(H2,18,20,21). The van der Waals surface area contributed by atoms with Crippen LogP contribution in [0.25, 0.3) is 22.3 Å². The number of fused-ring (bicyclic) bond motifs is 1. The molecule has 6 nitrogen and oxygen atoms in total. The van der Waals surface area contributed by atoms with E-state index in [2.05, 4.69) is 27.1 Å². The van der Waals surface area contributed by atoms with Crippen LogP contribution in [0.5, 0.6) is 0 Å². The lowest BCUT2D eigenvalue weighted by atomic mass is 10.1. The number of hydrogen-bond acceptors (Lipinski definition) is 5. The lowest BCUT2D eigenvalue weighted by Gasteiger charge is -2.02. The summed E-state index contributed by atoms with van der Waals surface area (Å²) >= 11 is 0. The minimum Gasteiger partial charge on any atom is -0.383 e. The zero-order valence-electron chi connectivity index (χ0n) is 12.3. The molecule has 4 aromatic rings. The van der Waals surface area contributed by atoms with E-state index in [0.717, 1.165) is 27.9 Å². The quantitative estimate of drug-likeness (QED) is 0.629. The Morgan fingerprint density at radius 2 is 1.87 bits per heavy atom. The van der Waals surface area contributed by atoms with Gasteiger partial charge in [-0.3, -0.25) is 4.98 Å². The van der Waals surface area contributed by atoms with Crippen molar-refractivity contribution < 1.29 is 0 Å². The van der Waals surface area contributed by atoms with Gasteiger partial charge in [-0.05, 0) is 17.7 Å². The number of nitrogens with zero attached hydrogens (tertiary/aromatic N) is 5. The number of pyridine rings is 1. The molecule has 6 heteroatoms. The maximum atomic E-state index is 6.08. The Hall–Kier alpha value is -3.28. The van der Waals surface area contributed by atoms with E-state index in [0.29, 0.717) is 12.4 Å². The second kappa shape index (κ2) is 5.49. The van der Waals surface area contributed by atoms with E-state index in [1.54, 1.807) is 12.4 Å². The molecule has 0 aliphatic carbocycles. The van der Waals surface area contributed by atoms with E-state index in [9.17, 15) is 0 Å². The summed E-state index contributed by atoms with van der Waals surface area (Å²) in [4.78, 5) is 12.6. The third kappa shape index (κ3) is 2.40. The van der Waals surface area contributed by atoms with Crippen LogP contribution in [0.1, 0.15) is 5.56 Å². The summed E-state index contributed by atoms with van der Waals surface area (Å²) in [5, 5.41) is 5.47. The van der Waals surface area contributed by atoms with Gasteiger partial charge in [-0.25, -0.2) is 14.6 Å². The summed E-state index contributed by atoms with van der Waals surface area (Å²) in [6.07, 6.45) is 4.96. The minimum atomic E-state index is 0.424. The maximum Gasteiger partial charge on any atom is 0.164 e. The molecule has 3 aromatic heterocycles. The van der Waals surface area contributed by atoms with Gasteiger partial charge in [0.15, 0.2) is 5.65 Å². The van der Waals surface area contributed by atoms with Crippen LogP contribution in [-0.4, -0.2) is 24.7 Å². The molecule has 3 heterocycles. The lowest BCUT2D eigenvalue weighted by molar-refractivity contribution is 0.706. The van der Waals surface area contributed by atoms with Gasteiger partial charge in [0.05, 0.1) is 11.9 Å². The Morgan fingerprint density at radius 3 is 2.65 bits per heavy atom. The van der Waals surface area contributed by atoms with Crippen molar-refractivity contribution in [3.05, 3.63) is 66.7 Å². The van der Waals surface area contributed by atoms with Gasteiger partial charge in [0.25, 0.3) is 0 Å². The van der Waals surface area contributed by atoms with E-state index in [1.165, 1.54) is 6.33 Å². The van der Waals surface area contributed by atoms with Crippen LogP contribution in [0.2, 0.25) is 0 Å². The van der Waals surface area contributed by atoms with Crippen molar-refractivity contribution in [2.45, 2.75) is 6.54 Å². The van der Waals surface area contributed by atoms with E-state index < -0.39 is 0 Å². The Labute approximate surface area is 132 Å². The molecule has 112 valence electrons. The van der Waals surface area contributed by atoms with Gasteiger partial charge in [-0.1, -0.05) is 30.3 Å². The molecule has 0 bridgehead atoms. The first-order chi connectivity index (χ1) is 11.3. The molecule has 0 saturated heterocycles. The zero-order valence-corrected chi connectivity index (χ0v) is 12.3. The van der Waals surface area contributed by atoms with Crippen molar-refractivity contribution in [3.63, 3.8) is 0 Å². The number of hydrogen-bond donors (Lipinski definition) is 1. The fourth-order valence-corrected chi connectivity index (χ4v) is 2.60. The molecule has 2 N–H and O–H groups in total. The van der Waals surface area contributed by atoms with E-state index in [-0.39, 0.29) is 0 Å². The number of anilines is 1. The summed E-state index contributed by atoms with van der Waals surface area (Å²) < 4.78 is 1.85. The highest BCUT2D eigenvalue weighted by molar-refractivity contribution is 5.98. The van der Waals surface area contributed by atoms with Gasteiger partial charge in [-0.2, -0.15) is 5.10 Å². The van der Waals surface area contributed by atoms with Crippen molar-refractivity contribution >= 4 is 16.9 Å². The first-order valence-corrected chi connectivity index (χ1v) is 7.24. The molecule has 0 spiro atoms. The molecule has 0 aliphatic rings. The Bertz CT molecular complexity index is 947. The summed E-state index contributed by atoms with van der Waals surface area (Å²) in [5.74, 6) is 0.424. The number of nitrogens with two attached hydrogens (primary N) is 1. The molecule has 0 atom stereocenters. The molecular weight excluding hydrogens is 288 g/mol. The summed E-state index contributed by atoms with van der Waals surface area (Å²) in [6, 6.07) is 13.9. The second-order valence-corrected chi connectivity index (χ2v) is 5.19. The second-order valence-electron chi connectivity index (χ2n) is 5.19. The van der Waals surface area contributed by atoms with Crippen molar-refractivity contribution in [2.75, 3.05) is 5.73 Å². The van der Waals surface area contributed by atoms with Crippen molar-refractivity contribution in [1.82, 2.24) is 24.7 Å². The molecular formula is C17H14N6. The molecule has 1 aromatic carbocycles. The van der Waals surface area contributed by atoms with E-state index in [4.69, 9.17) is 10.8 Å². The molecule has 4 rings (SSSR count). The van der Waals surface area contributed by atoms with E-state index >= 15 is 0 Å². The van der Waals surface area contributed by atoms with Crippen LogP contribution >= 0.6 is 0 Å². The Balaban J connectivity index is 1.91. The lowest BCUT2D eigenvalue weighted by Crippen LogP contribution is -2.03. The number of benzene rings is 1. The molecule has 0 aliphatic heterocycles. The smallest absolute Gasteiger partial charge is 0.164 e. The first-order valence-electron chi connectivity index (χ1n) is 7.24. The molecule has 0 radical (unpaired) electrons. The third-order valence-electron chi connectivity index (χ3n) is 3.67. The summed E-state index contributed by atoms with van der Waals surface area (Å²) in [5.41, 5.74) is 9.59. The minimum absolute atomic E-state index is 0.424. The predicted octanol–water partition coefficient (Wildman–Crippen LogP) is 2.52. The van der Waals surface area contributed by atoms with Crippen LogP contribution in [0.15, 0.2) is 61.2 Å². The van der Waals surface area contributed by atoms with Crippen LogP contribution < -0.4 is 5.73 Å². The molecule has 0 saturated carbocycles. The average Bonchev–Trinajstić information content (AvgIpc) is 2.97. The molecule has 23 heavy (non-hydrogen) atoms. The molecule has 0 unspecified atom stereocenters. The Morgan fingerprint density at radius 1 is 1.00 bits per heavy atom. The maximum absolute atomic E-state index is 6.08. The van der Waals surface area contributed by atoms with Crippen molar-refractivity contribution in [2.24, 2.45) is 0 Å². The van der Waals surface area contributed by atoms with Gasteiger partial charge < -0.3 is 5.73 Å². The first kappa shape index (κ1) is 13.4. The van der Waals surface area contributed by atoms with Crippen LogP contribution in [0.3, 0.4) is 0 Å². The van der Waals surface area contributed by atoms with Gasteiger partial charge >= 0.3 is 0 Å². The SMILES string of the molecule is Nc1ncnc2c1c(-c1cccnc1)nn2Cc1ccccc1. The number of nitrogen functional groups attached to an aromatic ring is 1. The Kier molecular flexibility index (Phi) is 3.20. The normalized spacial score (nSPS) is 11.0. The van der Waals surface area contributed by atoms with Crippen molar-refractivity contribution in [1.29, 1.82) is 0 Å². The molecule has 0 fully saturated rings. The van der Waals surface area contributed by atoms with Crippen LogP contribution in [-0.2, 0) is 6.54 Å². The highest BCUT2D eigenvalue weighted by atomic mass is 15.3. The van der Waals surface area contributed by atoms with Gasteiger partial charge in [0.1, 0.15) is 17.8 Å². The topological polar surface area (TPSA) is 82.5 Å². The highest BCUT2D eigenvalue weighted by Crippen LogP contribution is 2.29. The third-order valence-corrected chi connectivity index (χ3v) is 3.67. The summed E-state index contributed by atoms with van der Waals surface area (Å²) in [6.45, 7) is 0.619. The number of aromatic nitrogens is 5. The van der Waals surface area contributed by atoms with Crippen LogP contribution in [0, 0.1) is 0 Å². The number of rotatable bonds is 3. The van der Waals surface area contributed by atoms with Gasteiger partial charge in [-0.15, -0.1) is 0 Å². The average molecular weight is 302 g/mol. The predicted molar refractivity (Wildman–Crippen MR) is 88.5 cm³/mol. The van der Waals surface area contributed by atoms with Crippen LogP contribution in [0.4, 0.5) is 5.82 Å². The largest absolute Gasteiger partial charge is 0.383 e. The monoisotopic (exact) mass is 302 g/mol. The summed E-state index contributed by atoms with van der Waals surface area (Å²) in [7, 11) is 0. The molecule has 0 amide bonds. The fourth-order valence-electron chi connectivity index (χ4n) is 2.60. The van der Waals surface area contributed by atoms with Gasteiger partial charge in [0.2, 0.25) is 0 Å². The van der Waals surface area contributed by atoms with Gasteiger partial charge in [0, 0.05) is 18.0 Å². The zero-order chi connectivity index (χ0) is 15.6. The highest BCUT2D eigenvalue weighted by Gasteiger charge is 2.17. The van der Waals surface area contributed by atoms with E-state index in [1.807, 2.05) is 35.0 Å². The fraction of sp³-hybridized carbons (Fsp3) is 0.0588. The van der Waals surface area contributed by atoms with Crippen molar-refractivity contribution in [3.8, 4) is 11.3 Å².